The number of hydrogen-bond donors (Lipinski definition) is 1. The molecule has 1 aliphatic heterocycles. The summed E-state index contributed by atoms with van der Waals surface area (Å²) in [5.41, 5.74) is 2.75. The zero-order valence-electron chi connectivity index (χ0n) is 14.1. The van der Waals surface area contributed by atoms with Crippen molar-refractivity contribution in [1.29, 1.82) is 0 Å². The van der Waals surface area contributed by atoms with Crippen molar-refractivity contribution in [2.45, 2.75) is 39.3 Å². The molecule has 0 aromatic heterocycles. The number of nitrogens with one attached hydrogen (secondary N) is 1. The highest BCUT2D eigenvalue weighted by atomic mass is 15.2. The molecular formula is C18H31N3. The maximum atomic E-state index is 3.50. The van der Waals surface area contributed by atoms with E-state index in [4.69, 9.17) is 0 Å². The van der Waals surface area contributed by atoms with Gasteiger partial charge in [0.05, 0.1) is 0 Å². The van der Waals surface area contributed by atoms with Crippen LogP contribution in [0.15, 0.2) is 24.3 Å². The smallest absolute Gasteiger partial charge is 0.0366 e. The minimum atomic E-state index is 0.710. The average Bonchev–Trinajstić information content (AvgIpc) is 2.48. The predicted octanol–water partition coefficient (Wildman–Crippen LogP) is 2.96. The topological polar surface area (TPSA) is 18.5 Å². The fourth-order valence-corrected chi connectivity index (χ4v) is 2.97. The molecule has 1 aromatic rings. The molecule has 0 saturated carbocycles. The number of piperidine rings is 1. The quantitative estimate of drug-likeness (QED) is 0.868. The van der Waals surface area contributed by atoms with Gasteiger partial charge in [0.1, 0.15) is 0 Å². The standard InChI is InChI=1S/C18H31N3/c1-15(2)13-19-14-16-5-7-18(8-6-16)21-11-9-17(10-12-21)20(3)4/h5-8,15,17,19H,9-14H2,1-4H3. The van der Waals surface area contributed by atoms with Crippen LogP contribution in [0, 0.1) is 5.92 Å². The molecule has 21 heavy (non-hydrogen) atoms. The van der Waals surface area contributed by atoms with E-state index >= 15 is 0 Å². The molecule has 1 aromatic carbocycles. The number of rotatable bonds is 6. The molecule has 2 rings (SSSR count). The summed E-state index contributed by atoms with van der Waals surface area (Å²) in [6, 6.07) is 9.84. The summed E-state index contributed by atoms with van der Waals surface area (Å²) >= 11 is 0. The van der Waals surface area contributed by atoms with Gasteiger partial charge in [0.25, 0.3) is 0 Å². The van der Waals surface area contributed by atoms with Crippen molar-refractivity contribution in [3.05, 3.63) is 29.8 Å². The maximum absolute atomic E-state index is 3.50. The summed E-state index contributed by atoms with van der Waals surface area (Å²) < 4.78 is 0. The summed E-state index contributed by atoms with van der Waals surface area (Å²) in [5, 5.41) is 3.50. The van der Waals surface area contributed by atoms with Gasteiger partial charge in [-0.05, 0) is 57.1 Å². The molecule has 1 N–H and O–H groups in total. The van der Waals surface area contributed by atoms with Gasteiger partial charge in [-0.25, -0.2) is 0 Å². The molecule has 3 heteroatoms. The fraction of sp³-hybridized carbons (Fsp3) is 0.667. The first kappa shape index (κ1) is 16.3. The van der Waals surface area contributed by atoms with Crippen LogP contribution in [0.25, 0.3) is 0 Å². The van der Waals surface area contributed by atoms with E-state index < -0.39 is 0 Å². The molecule has 118 valence electrons. The van der Waals surface area contributed by atoms with Gasteiger partial charge in [0, 0.05) is 31.4 Å². The molecule has 0 atom stereocenters. The Balaban J connectivity index is 1.82. The number of anilines is 1. The van der Waals surface area contributed by atoms with Crippen molar-refractivity contribution < 1.29 is 0 Å². The monoisotopic (exact) mass is 289 g/mol. The van der Waals surface area contributed by atoms with Crippen LogP contribution < -0.4 is 10.2 Å². The first-order valence-electron chi connectivity index (χ1n) is 8.27. The summed E-state index contributed by atoms with van der Waals surface area (Å²) in [4.78, 5) is 4.88. The van der Waals surface area contributed by atoms with Crippen molar-refractivity contribution in [2.75, 3.05) is 38.6 Å². The highest BCUT2D eigenvalue weighted by Crippen LogP contribution is 2.22. The average molecular weight is 289 g/mol. The van der Waals surface area contributed by atoms with E-state index in [0.29, 0.717) is 5.92 Å². The van der Waals surface area contributed by atoms with Gasteiger partial charge < -0.3 is 15.1 Å². The normalized spacial score (nSPS) is 17.0. The van der Waals surface area contributed by atoms with E-state index in [-0.39, 0.29) is 0 Å². The second-order valence-electron chi connectivity index (χ2n) is 6.87. The lowest BCUT2D eigenvalue weighted by Crippen LogP contribution is -2.41. The Morgan fingerprint density at radius 1 is 1.14 bits per heavy atom. The molecule has 3 nitrogen and oxygen atoms in total. The molecule has 0 bridgehead atoms. The molecule has 1 saturated heterocycles. The van der Waals surface area contributed by atoms with E-state index in [1.54, 1.807) is 0 Å². The molecule has 0 spiro atoms. The zero-order chi connectivity index (χ0) is 15.2. The Morgan fingerprint density at radius 3 is 2.29 bits per heavy atom. The molecule has 0 amide bonds. The Hall–Kier alpha value is -1.06. The van der Waals surface area contributed by atoms with Crippen LogP contribution in [0.3, 0.4) is 0 Å². The maximum Gasteiger partial charge on any atom is 0.0366 e. The van der Waals surface area contributed by atoms with Crippen molar-refractivity contribution in [2.24, 2.45) is 5.92 Å². The predicted molar refractivity (Wildman–Crippen MR) is 91.9 cm³/mol. The molecule has 0 aliphatic carbocycles. The number of nitrogens with zero attached hydrogens (tertiary/aromatic N) is 2. The van der Waals surface area contributed by atoms with Gasteiger partial charge in [0.2, 0.25) is 0 Å². The second-order valence-corrected chi connectivity index (χ2v) is 6.87. The lowest BCUT2D eigenvalue weighted by molar-refractivity contribution is 0.249. The third-order valence-corrected chi connectivity index (χ3v) is 4.38. The molecular weight excluding hydrogens is 258 g/mol. The van der Waals surface area contributed by atoms with Gasteiger partial charge in [-0.1, -0.05) is 26.0 Å². The Morgan fingerprint density at radius 2 is 1.76 bits per heavy atom. The molecule has 1 fully saturated rings. The van der Waals surface area contributed by atoms with E-state index in [1.807, 2.05) is 0 Å². The largest absolute Gasteiger partial charge is 0.371 e. The van der Waals surface area contributed by atoms with Crippen LogP contribution in [0.5, 0.6) is 0 Å². The zero-order valence-corrected chi connectivity index (χ0v) is 14.1. The van der Waals surface area contributed by atoms with Gasteiger partial charge in [-0.2, -0.15) is 0 Å². The highest BCUT2D eigenvalue weighted by Gasteiger charge is 2.20. The summed E-state index contributed by atoms with van der Waals surface area (Å²) in [6.07, 6.45) is 2.54. The Bertz CT molecular complexity index is 403. The Labute approximate surface area is 130 Å². The first-order valence-corrected chi connectivity index (χ1v) is 8.27. The molecule has 0 radical (unpaired) electrons. The van der Waals surface area contributed by atoms with Crippen molar-refractivity contribution in [3.8, 4) is 0 Å². The van der Waals surface area contributed by atoms with Crippen molar-refractivity contribution in [3.63, 3.8) is 0 Å². The summed E-state index contributed by atoms with van der Waals surface area (Å²) in [6.45, 7) is 8.89. The van der Waals surface area contributed by atoms with E-state index in [0.717, 1.165) is 19.1 Å². The fourth-order valence-electron chi connectivity index (χ4n) is 2.97. The van der Waals surface area contributed by atoms with Gasteiger partial charge >= 0.3 is 0 Å². The lowest BCUT2D eigenvalue weighted by Gasteiger charge is -2.36. The summed E-state index contributed by atoms with van der Waals surface area (Å²) in [7, 11) is 4.39. The van der Waals surface area contributed by atoms with Gasteiger partial charge in [-0.15, -0.1) is 0 Å². The molecule has 1 heterocycles. The SMILES string of the molecule is CC(C)CNCc1ccc(N2CCC(N(C)C)CC2)cc1. The van der Waals surface area contributed by atoms with Crippen LogP contribution in [0.4, 0.5) is 5.69 Å². The Kier molecular flexibility index (Phi) is 6.07. The van der Waals surface area contributed by atoms with Crippen LogP contribution >= 0.6 is 0 Å². The first-order chi connectivity index (χ1) is 10.1. The van der Waals surface area contributed by atoms with Crippen LogP contribution in [-0.2, 0) is 6.54 Å². The minimum absolute atomic E-state index is 0.710. The van der Waals surface area contributed by atoms with E-state index in [1.165, 1.54) is 37.2 Å². The number of benzene rings is 1. The summed E-state index contributed by atoms with van der Waals surface area (Å²) in [5.74, 6) is 0.710. The second kappa shape index (κ2) is 7.81. The minimum Gasteiger partial charge on any atom is -0.371 e. The van der Waals surface area contributed by atoms with Crippen molar-refractivity contribution in [1.82, 2.24) is 10.2 Å². The van der Waals surface area contributed by atoms with Gasteiger partial charge in [-0.3, -0.25) is 0 Å². The lowest BCUT2D eigenvalue weighted by atomic mass is 10.0. The van der Waals surface area contributed by atoms with Crippen LogP contribution in [-0.4, -0.2) is 44.7 Å². The van der Waals surface area contributed by atoms with Gasteiger partial charge in [0.15, 0.2) is 0 Å². The third-order valence-electron chi connectivity index (χ3n) is 4.38. The van der Waals surface area contributed by atoms with Crippen molar-refractivity contribution >= 4 is 5.69 Å². The molecule has 1 aliphatic rings. The third kappa shape index (κ3) is 5.01. The number of hydrogen-bond acceptors (Lipinski definition) is 3. The highest BCUT2D eigenvalue weighted by molar-refractivity contribution is 5.48. The molecule has 0 unspecified atom stereocenters. The van der Waals surface area contributed by atoms with E-state index in [9.17, 15) is 0 Å². The van der Waals surface area contributed by atoms with Crippen LogP contribution in [0.2, 0.25) is 0 Å². The van der Waals surface area contributed by atoms with Crippen LogP contribution in [0.1, 0.15) is 32.3 Å². The van der Waals surface area contributed by atoms with E-state index in [2.05, 4.69) is 67.3 Å².